The van der Waals surface area contributed by atoms with Crippen LogP contribution in [0.4, 0.5) is 5.82 Å². The lowest BCUT2D eigenvalue weighted by Crippen LogP contribution is -2.48. The van der Waals surface area contributed by atoms with E-state index < -0.39 is 0 Å². The van der Waals surface area contributed by atoms with Gasteiger partial charge in [0.05, 0.1) is 5.54 Å². The second kappa shape index (κ2) is 5.05. The van der Waals surface area contributed by atoms with E-state index in [-0.39, 0.29) is 5.54 Å². The van der Waals surface area contributed by atoms with Crippen LogP contribution in [0.3, 0.4) is 0 Å². The zero-order valence-electron chi connectivity index (χ0n) is 10.9. The molecule has 3 nitrogen and oxygen atoms in total. The molecule has 3 N–H and O–H groups in total. The largest absolute Gasteiger partial charge is 0.363 e. The number of aryl methyl sites for hydroxylation is 1. The molecule has 2 unspecified atom stereocenters. The van der Waals surface area contributed by atoms with Gasteiger partial charge in [0.15, 0.2) is 0 Å². The summed E-state index contributed by atoms with van der Waals surface area (Å²) in [4.78, 5) is 4.39. The molecular formula is C14H23N3. The molecule has 0 bridgehead atoms. The highest BCUT2D eigenvalue weighted by Crippen LogP contribution is 2.34. The van der Waals surface area contributed by atoms with Gasteiger partial charge >= 0.3 is 0 Å². The van der Waals surface area contributed by atoms with E-state index in [1.807, 2.05) is 12.3 Å². The third-order valence-corrected chi connectivity index (χ3v) is 3.79. The smallest absolute Gasteiger partial charge is 0.126 e. The Balaban J connectivity index is 2.13. The molecule has 0 amide bonds. The van der Waals surface area contributed by atoms with Crippen molar-refractivity contribution in [3.63, 3.8) is 0 Å². The van der Waals surface area contributed by atoms with Crippen LogP contribution >= 0.6 is 0 Å². The van der Waals surface area contributed by atoms with Gasteiger partial charge in [-0.2, -0.15) is 0 Å². The van der Waals surface area contributed by atoms with E-state index in [1.54, 1.807) is 0 Å². The van der Waals surface area contributed by atoms with Crippen molar-refractivity contribution in [2.45, 2.75) is 45.1 Å². The summed E-state index contributed by atoms with van der Waals surface area (Å²) in [7, 11) is 0. The summed E-state index contributed by atoms with van der Waals surface area (Å²) in [6.07, 6.45) is 6.75. The molecule has 3 heteroatoms. The lowest BCUT2D eigenvalue weighted by molar-refractivity contribution is 0.263. The number of nitrogens with zero attached hydrogens (tertiary/aromatic N) is 1. The molecule has 0 aromatic carbocycles. The number of hydrogen-bond donors (Lipinski definition) is 2. The van der Waals surface area contributed by atoms with Gasteiger partial charge in [0.1, 0.15) is 5.82 Å². The van der Waals surface area contributed by atoms with E-state index >= 15 is 0 Å². The van der Waals surface area contributed by atoms with Crippen molar-refractivity contribution in [2.75, 3.05) is 11.9 Å². The Kier molecular flexibility index (Phi) is 3.67. The highest BCUT2D eigenvalue weighted by atomic mass is 15.1. The maximum atomic E-state index is 6.00. The standard InChI is InChI=1S/C14H23N3/c1-11-5-7-16-13(8-11)17-14(10-15)6-3-4-12(2)9-14/h5,7-8,12H,3-4,6,9-10,15H2,1-2H3,(H,16,17). The summed E-state index contributed by atoms with van der Waals surface area (Å²) in [6.45, 7) is 5.09. The minimum atomic E-state index is 0.0540. The van der Waals surface area contributed by atoms with Crippen molar-refractivity contribution < 1.29 is 0 Å². The molecule has 94 valence electrons. The van der Waals surface area contributed by atoms with Gasteiger partial charge in [0, 0.05) is 12.7 Å². The lowest BCUT2D eigenvalue weighted by atomic mass is 9.76. The van der Waals surface area contributed by atoms with Crippen LogP contribution in [-0.2, 0) is 0 Å². The molecule has 0 aliphatic heterocycles. The molecule has 0 spiro atoms. The monoisotopic (exact) mass is 233 g/mol. The zero-order chi connectivity index (χ0) is 12.3. The number of pyridine rings is 1. The Hall–Kier alpha value is -1.09. The first-order valence-corrected chi connectivity index (χ1v) is 6.54. The van der Waals surface area contributed by atoms with E-state index in [2.05, 4.69) is 30.2 Å². The predicted octanol–water partition coefficient (Wildman–Crippen LogP) is 2.71. The molecule has 0 saturated heterocycles. The summed E-state index contributed by atoms with van der Waals surface area (Å²) < 4.78 is 0. The Morgan fingerprint density at radius 3 is 3.06 bits per heavy atom. The first-order chi connectivity index (χ1) is 8.13. The minimum Gasteiger partial charge on any atom is -0.363 e. The summed E-state index contributed by atoms with van der Waals surface area (Å²) in [5.41, 5.74) is 7.28. The fraction of sp³-hybridized carbons (Fsp3) is 0.643. The number of nitrogens with one attached hydrogen (secondary N) is 1. The molecule has 1 aliphatic carbocycles. The summed E-state index contributed by atoms with van der Waals surface area (Å²) in [5, 5.41) is 3.58. The molecule has 1 fully saturated rings. The third kappa shape index (κ3) is 2.97. The van der Waals surface area contributed by atoms with Crippen LogP contribution < -0.4 is 11.1 Å². The van der Waals surface area contributed by atoms with E-state index in [0.29, 0.717) is 6.54 Å². The van der Waals surface area contributed by atoms with Crippen LogP contribution in [0.1, 0.15) is 38.2 Å². The fourth-order valence-corrected chi connectivity index (χ4v) is 2.89. The molecule has 17 heavy (non-hydrogen) atoms. The maximum absolute atomic E-state index is 6.00. The predicted molar refractivity (Wildman–Crippen MR) is 72.0 cm³/mol. The summed E-state index contributed by atoms with van der Waals surface area (Å²) >= 11 is 0. The van der Waals surface area contributed by atoms with E-state index in [1.165, 1.54) is 18.4 Å². The molecule has 2 rings (SSSR count). The van der Waals surface area contributed by atoms with Crippen LogP contribution in [-0.4, -0.2) is 17.1 Å². The second-order valence-corrected chi connectivity index (χ2v) is 5.53. The van der Waals surface area contributed by atoms with Gasteiger partial charge in [0.25, 0.3) is 0 Å². The van der Waals surface area contributed by atoms with Gasteiger partial charge in [-0.1, -0.05) is 19.8 Å². The number of rotatable bonds is 3. The van der Waals surface area contributed by atoms with Crippen molar-refractivity contribution in [1.29, 1.82) is 0 Å². The van der Waals surface area contributed by atoms with Crippen LogP contribution in [0.2, 0.25) is 0 Å². The maximum Gasteiger partial charge on any atom is 0.126 e. The Morgan fingerprint density at radius 1 is 1.59 bits per heavy atom. The number of anilines is 1. The van der Waals surface area contributed by atoms with Gasteiger partial charge in [-0.05, 0) is 43.4 Å². The van der Waals surface area contributed by atoms with E-state index in [9.17, 15) is 0 Å². The van der Waals surface area contributed by atoms with E-state index in [0.717, 1.165) is 24.6 Å². The minimum absolute atomic E-state index is 0.0540. The van der Waals surface area contributed by atoms with Crippen LogP contribution in [0.5, 0.6) is 0 Å². The lowest BCUT2D eigenvalue weighted by Gasteiger charge is -2.40. The quantitative estimate of drug-likeness (QED) is 0.844. The number of nitrogens with two attached hydrogens (primary N) is 1. The third-order valence-electron chi connectivity index (χ3n) is 3.79. The summed E-state index contributed by atoms with van der Waals surface area (Å²) in [5.74, 6) is 1.72. The first kappa shape index (κ1) is 12.4. The van der Waals surface area contributed by atoms with Crippen molar-refractivity contribution in [1.82, 2.24) is 4.98 Å². The highest BCUT2D eigenvalue weighted by Gasteiger charge is 2.33. The second-order valence-electron chi connectivity index (χ2n) is 5.53. The molecule has 2 atom stereocenters. The van der Waals surface area contributed by atoms with Gasteiger partial charge < -0.3 is 11.1 Å². The molecule has 1 saturated carbocycles. The Morgan fingerprint density at radius 2 is 2.41 bits per heavy atom. The SMILES string of the molecule is Cc1ccnc(NC2(CN)CCCC(C)C2)c1. The normalized spacial score (nSPS) is 29.0. The van der Waals surface area contributed by atoms with Crippen LogP contribution in [0.25, 0.3) is 0 Å². The topological polar surface area (TPSA) is 50.9 Å². The molecule has 1 aromatic heterocycles. The molecular weight excluding hydrogens is 210 g/mol. The fourth-order valence-electron chi connectivity index (χ4n) is 2.89. The van der Waals surface area contributed by atoms with Crippen molar-refractivity contribution in [3.05, 3.63) is 23.9 Å². The van der Waals surface area contributed by atoms with Crippen LogP contribution in [0.15, 0.2) is 18.3 Å². The van der Waals surface area contributed by atoms with Gasteiger partial charge in [-0.3, -0.25) is 0 Å². The molecule has 0 radical (unpaired) electrons. The van der Waals surface area contributed by atoms with Gasteiger partial charge in [-0.15, -0.1) is 0 Å². The van der Waals surface area contributed by atoms with Crippen molar-refractivity contribution in [3.8, 4) is 0 Å². The van der Waals surface area contributed by atoms with Gasteiger partial charge in [0.2, 0.25) is 0 Å². The highest BCUT2D eigenvalue weighted by molar-refractivity contribution is 5.40. The van der Waals surface area contributed by atoms with Gasteiger partial charge in [-0.25, -0.2) is 4.98 Å². The van der Waals surface area contributed by atoms with E-state index in [4.69, 9.17) is 5.73 Å². The molecule has 1 aromatic rings. The van der Waals surface area contributed by atoms with Crippen molar-refractivity contribution in [2.24, 2.45) is 11.7 Å². The van der Waals surface area contributed by atoms with Crippen LogP contribution in [0, 0.1) is 12.8 Å². The summed E-state index contributed by atoms with van der Waals surface area (Å²) in [6, 6.07) is 4.11. The average molecular weight is 233 g/mol. The van der Waals surface area contributed by atoms with Crippen molar-refractivity contribution >= 4 is 5.82 Å². The number of aromatic nitrogens is 1. The zero-order valence-corrected chi connectivity index (χ0v) is 10.9. The average Bonchev–Trinajstić information content (AvgIpc) is 2.29. The Bertz CT molecular complexity index is 377. The Labute approximate surface area is 104 Å². The molecule has 1 aliphatic rings. The molecule has 1 heterocycles. The first-order valence-electron chi connectivity index (χ1n) is 6.54. The number of hydrogen-bond acceptors (Lipinski definition) is 3.